The molecule has 0 saturated heterocycles. The Balaban J connectivity index is 2.90. The first-order valence-electron chi connectivity index (χ1n) is 4.67. The van der Waals surface area contributed by atoms with Crippen LogP contribution in [0.2, 0.25) is 0 Å². The van der Waals surface area contributed by atoms with Crippen molar-refractivity contribution in [3.05, 3.63) is 11.4 Å². The van der Waals surface area contributed by atoms with E-state index in [0.29, 0.717) is 12.1 Å². The number of carboxylic acids is 1. The highest BCUT2D eigenvalue weighted by atomic mass is 16.5. The molecular formula is C9H13N3O4. The number of hydrogen-bond acceptors (Lipinski definition) is 5. The van der Waals surface area contributed by atoms with Crippen LogP contribution >= 0.6 is 0 Å². The van der Waals surface area contributed by atoms with Gasteiger partial charge in [0.2, 0.25) is 0 Å². The lowest BCUT2D eigenvalue weighted by Crippen LogP contribution is -2.17. The van der Waals surface area contributed by atoms with Gasteiger partial charge in [-0.25, -0.2) is 9.59 Å². The molecule has 16 heavy (non-hydrogen) atoms. The minimum Gasteiger partial charge on any atom is -0.479 e. The number of aliphatic carboxylic acids is 1. The van der Waals surface area contributed by atoms with Crippen LogP contribution in [0.15, 0.2) is 0 Å². The van der Waals surface area contributed by atoms with E-state index in [1.165, 1.54) is 4.68 Å². The number of rotatable bonds is 4. The van der Waals surface area contributed by atoms with Crippen molar-refractivity contribution in [2.24, 2.45) is 7.05 Å². The van der Waals surface area contributed by atoms with Crippen molar-refractivity contribution in [3.63, 3.8) is 0 Å². The van der Waals surface area contributed by atoms with Crippen molar-refractivity contribution in [1.82, 2.24) is 9.78 Å². The van der Waals surface area contributed by atoms with E-state index < -0.39 is 18.5 Å². The van der Waals surface area contributed by atoms with E-state index in [4.69, 9.17) is 10.8 Å². The third-order valence-electron chi connectivity index (χ3n) is 2.02. The molecule has 88 valence electrons. The SMILES string of the molecule is CCc1nn(C)c(C(=O)OCC(=O)O)c1N. The molecule has 0 aromatic carbocycles. The molecule has 0 atom stereocenters. The fourth-order valence-corrected chi connectivity index (χ4v) is 1.29. The number of esters is 1. The quantitative estimate of drug-likeness (QED) is 0.690. The minimum absolute atomic E-state index is 0.0816. The van der Waals surface area contributed by atoms with Crippen LogP contribution in [-0.2, 0) is 23.0 Å². The summed E-state index contributed by atoms with van der Waals surface area (Å²) in [6.45, 7) is 1.16. The number of aryl methyl sites for hydroxylation is 2. The maximum absolute atomic E-state index is 11.5. The molecule has 1 rings (SSSR count). The third kappa shape index (κ3) is 2.30. The molecule has 0 aliphatic carbocycles. The summed E-state index contributed by atoms with van der Waals surface area (Å²) in [4.78, 5) is 21.7. The predicted molar refractivity (Wildman–Crippen MR) is 54.9 cm³/mol. The molecule has 0 radical (unpaired) electrons. The first-order chi connectivity index (χ1) is 7.47. The van der Waals surface area contributed by atoms with Crippen molar-refractivity contribution in [2.45, 2.75) is 13.3 Å². The fourth-order valence-electron chi connectivity index (χ4n) is 1.29. The van der Waals surface area contributed by atoms with Gasteiger partial charge in [0.25, 0.3) is 0 Å². The average Bonchev–Trinajstić information content (AvgIpc) is 2.50. The van der Waals surface area contributed by atoms with Crippen LogP contribution in [0, 0.1) is 0 Å². The van der Waals surface area contributed by atoms with E-state index in [-0.39, 0.29) is 11.4 Å². The summed E-state index contributed by atoms with van der Waals surface area (Å²) in [5, 5.41) is 12.4. The number of nitrogen functional groups attached to an aromatic ring is 1. The zero-order chi connectivity index (χ0) is 12.3. The summed E-state index contributed by atoms with van der Waals surface area (Å²) >= 11 is 0. The van der Waals surface area contributed by atoms with Gasteiger partial charge in [-0.15, -0.1) is 0 Å². The van der Waals surface area contributed by atoms with Crippen LogP contribution in [0.25, 0.3) is 0 Å². The lowest BCUT2D eigenvalue weighted by Gasteiger charge is -2.02. The van der Waals surface area contributed by atoms with Crippen LogP contribution in [0.5, 0.6) is 0 Å². The van der Waals surface area contributed by atoms with Gasteiger partial charge >= 0.3 is 11.9 Å². The number of hydrogen-bond donors (Lipinski definition) is 2. The highest BCUT2D eigenvalue weighted by Gasteiger charge is 2.20. The van der Waals surface area contributed by atoms with Gasteiger partial charge in [-0.05, 0) is 6.42 Å². The first kappa shape index (κ1) is 12.0. The average molecular weight is 227 g/mol. The van der Waals surface area contributed by atoms with Gasteiger partial charge in [0, 0.05) is 7.05 Å². The summed E-state index contributed by atoms with van der Waals surface area (Å²) in [6.07, 6.45) is 0.589. The Morgan fingerprint density at radius 1 is 1.56 bits per heavy atom. The van der Waals surface area contributed by atoms with Crippen LogP contribution in [0.1, 0.15) is 23.1 Å². The molecule has 1 aromatic rings. The highest BCUT2D eigenvalue weighted by molar-refractivity contribution is 5.94. The monoisotopic (exact) mass is 227 g/mol. The number of carbonyl (C=O) groups excluding carboxylic acids is 1. The van der Waals surface area contributed by atoms with E-state index in [2.05, 4.69) is 9.84 Å². The van der Waals surface area contributed by atoms with Crippen molar-refractivity contribution in [2.75, 3.05) is 12.3 Å². The molecule has 0 unspecified atom stereocenters. The Hall–Kier alpha value is -2.05. The Morgan fingerprint density at radius 2 is 2.19 bits per heavy atom. The first-order valence-corrected chi connectivity index (χ1v) is 4.67. The van der Waals surface area contributed by atoms with Crippen LogP contribution in [-0.4, -0.2) is 33.4 Å². The van der Waals surface area contributed by atoms with E-state index in [9.17, 15) is 9.59 Å². The van der Waals surface area contributed by atoms with Gasteiger partial charge in [0.05, 0.1) is 11.4 Å². The van der Waals surface area contributed by atoms with Gasteiger partial charge in [-0.2, -0.15) is 5.10 Å². The van der Waals surface area contributed by atoms with Crippen molar-refractivity contribution < 1.29 is 19.4 Å². The van der Waals surface area contributed by atoms with E-state index in [1.807, 2.05) is 6.92 Å². The normalized spacial score (nSPS) is 10.1. The molecule has 0 bridgehead atoms. The summed E-state index contributed by atoms with van der Waals surface area (Å²) < 4.78 is 5.82. The zero-order valence-electron chi connectivity index (χ0n) is 9.06. The van der Waals surface area contributed by atoms with Crippen LogP contribution in [0.4, 0.5) is 5.69 Å². The van der Waals surface area contributed by atoms with Gasteiger partial charge in [-0.1, -0.05) is 6.92 Å². The predicted octanol–water partition coefficient (Wildman–Crippen LogP) is -0.194. The van der Waals surface area contributed by atoms with Gasteiger partial charge in [0.1, 0.15) is 0 Å². The molecule has 0 saturated carbocycles. The minimum atomic E-state index is -1.22. The lowest BCUT2D eigenvalue weighted by atomic mass is 10.2. The highest BCUT2D eigenvalue weighted by Crippen LogP contribution is 2.17. The Bertz CT molecular complexity index is 425. The molecule has 0 fully saturated rings. The molecule has 0 aliphatic rings. The molecule has 1 heterocycles. The Labute approximate surface area is 91.8 Å². The fraction of sp³-hybridized carbons (Fsp3) is 0.444. The van der Waals surface area contributed by atoms with E-state index in [1.54, 1.807) is 7.05 Å². The topological polar surface area (TPSA) is 107 Å². The number of carboxylic acid groups (broad SMARTS) is 1. The molecule has 3 N–H and O–H groups in total. The molecule has 0 aliphatic heterocycles. The number of aromatic nitrogens is 2. The second kappa shape index (κ2) is 4.65. The number of carbonyl (C=O) groups is 2. The van der Waals surface area contributed by atoms with Crippen molar-refractivity contribution in [3.8, 4) is 0 Å². The molecular weight excluding hydrogens is 214 g/mol. The molecule has 0 amide bonds. The molecule has 7 nitrogen and oxygen atoms in total. The van der Waals surface area contributed by atoms with Crippen molar-refractivity contribution in [1.29, 1.82) is 0 Å². The number of nitrogens with two attached hydrogens (primary N) is 1. The summed E-state index contributed by atoms with van der Waals surface area (Å²) in [5.41, 5.74) is 6.60. The Kier molecular flexibility index (Phi) is 3.49. The van der Waals surface area contributed by atoms with Gasteiger partial charge in [0.15, 0.2) is 12.3 Å². The third-order valence-corrected chi connectivity index (χ3v) is 2.02. The Morgan fingerprint density at radius 3 is 2.62 bits per heavy atom. The largest absolute Gasteiger partial charge is 0.479 e. The van der Waals surface area contributed by atoms with Gasteiger partial charge < -0.3 is 15.6 Å². The van der Waals surface area contributed by atoms with Crippen LogP contribution < -0.4 is 5.73 Å². The van der Waals surface area contributed by atoms with E-state index >= 15 is 0 Å². The summed E-state index contributed by atoms with van der Waals surface area (Å²) in [7, 11) is 1.55. The zero-order valence-corrected chi connectivity index (χ0v) is 9.06. The maximum atomic E-state index is 11.5. The second-order valence-corrected chi connectivity index (χ2v) is 3.16. The molecule has 1 aromatic heterocycles. The second-order valence-electron chi connectivity index (χ2n) is 3.16. The number of ether oxygens (including phenoxy) is 1. The van der Waals surface area contributed by atoms with E-state index in [0.717, 1.165) is 0 Å². The van der Waals surface area contributed by atoms with Crippen molar-refractivity contribution >= 4 is 17.6 Å². The summed E-state index contributed by atoms with van der Waals surface area (Å²) in [5.74, 6) is -2.00. The lowest BCUT2D eigenvalue weighted by molar-refractivity contribution is -0.140. The van der Waals surface area contributed by atoms with Gasteiger partial charge in [-0.3, -0.25) is 4.68 Å². The standard InChI is InChI=1S/C9H13N3O4/c1-3-5-7(10)8(12(2)11-5)9(15)16-4-6(13)14/h3-4,10H2,1-2H3,(H,13,14). The number of anilines is 1. The summed E-state index contributed by atoms with van der Waals surface area (Å²) in [6, 6.07) is 0. The smallest absolute Gasteiger partial charge is 0.359 e. The molecule has 7 heteroatoms. The maximum Gasteiger partial charge on any atom is 0.359 e. The number of nitrogens with zero attached hydrogens (tertiary/aromatic N) is 2. The van der Waals surface area contributed by atoms with Crippen LogP contribution in [0.3, 0.4) is 0 Å². The molecule has 0 spiro atoms.